The van der Waals surface area contributed by atoms with Gasteiger partial charge in [-0.15, -0.1) is 0 Å². The molecule has 0 saturated heterocycles. The maximum Gasteiger partial charge on any atom is 0.0597 e. The van der Waals surface area contributed by atoms with Crippen molar-refractivity contribution in [1.29, 1.82) is 0 Å². The molecule has 12 heavy (non-hydrogen) atoms. The van der Waals surface area contributed by atoms with Gasteiger partial charge in [0.15, 0.2) is 0 Å². The fourth-order valence-electron chi connectivity index (χ4n) is 1.49. The lowest BCUT2D eigenvalue weighted by atomic mass is 10.2. The zero-order valence-corrected chi connectivity index (χ0v) is 7.62. The molecule has 1 aliphatic rings. The number of nitrogens with two attached hydrogens (primary N) is 1. The molecule has 2 rings (SSSR count). The van der Waals surface area contributed by atoms with Gasteiger partial charge in [-0.05, 0) is 32.8 Å². The minimum atomic E-state index is 0.104. The molecule has 1 saturated carbocycles. The van der Waals surface area contributed by atoms with Crippen LogP contribution >= 0.6 is 0 Å². The van der Waals surface area contributed by atoms with Crippen LogP contribution in [-0.4, -0.2) is 9.78 Å². The van der Waals surface area contributed by atoms with Crippen LogP contribution in [0.1, 0.15) is 43.2 Å². The Morgan fingerprint density at radius 2 is 2.33 bits per heavy atom. The van der Waals surface area contributed by atoms with E-state index in [-0.39, 0.29) is 6.04 Å². The topological polar surface area (TPSA) is 43.8 Å². The SMILES string of the molecule is Cc1cc(C(C)N)n(C2CC2)n1. The molecular formula is C9H15N3. The molecule has 1 aromatic rings. The van der Waals surface area contributed by atoms with Crippen molar-refractivity contribution >= 4 is 0 Å². The van der Waals surface area contributed by atoms with Gasteiger partial charge in [-0.1, -0.05) is 0 Å². The van der Waals surface area contributed by atoms with E-state index in [0.29, 0.717) is 6.04 Å². The van der Waals surface area contributed by atoms with E-state index in [4.69, 9.17) is 5.73 Å². The third kappa shape index (κ3) is 1.25. The van der Waals surface area contributed by atoms with E-state index in [9.17, 15) is 0 Å². The molecule has 1 fully saturated rings. The second kappa shape index (κ2) is 2.59. The first-order valence-electron chi connectivity index (χ1n) is 4.50. The summed E-state index contributed by atoms with van der Waals surface area (Å²) in [5.41, 5.74) is 8.09. The van der Waals surface area contributed by atoms with Gasteiger partial charge in [0, 0.05) is 6.04 Å². The lowest BCUT2D eigenvalue weighted by Gasteiger charge is -2.07. The summed E-state index contributed by atoms with van der Waals surface area (Å²) in [5.74, 6) is 0. The van der Waals surface area contributed by atoms with Gasteiger partial charge < -0.3 is 5.73 Å². The van der Waals surface area contributed by atoms with Crippen molar-refractivity contribution in [1.82, 2.24) is 9.78 Å². The lowest BCUT2D eigenvalue weighted by Crippen LogP contribution is -2.12. The van der Waals surface area contributed by atoms with E-state index in [2.05, 4.69) is 15.8 Å². The molecule has 3 nitrogen and oxygen atoms in total. The molecule has 2 N–H and O–H groups in total. The smallest absolute Gasteiger partial charge is 0.0597 e. The molecule has 1 aromatic heterocycles. The van der Waals surface area contributed by atoms with Crippen molar-refractivity contribution in [3.8, 4) is 0 Å². The van der Waals surface area contributed by atoms with Crippen LogP contribution in [0.2, 0.25) is 0 Å². The van der Waals surface area contributed by atoms with Crippen LogP contribution in [0.3, 0.4) is 0 Å². The highest BCUT2D eigenvalue weighted by atomic mass is 15.3. The Bertz CT molecular complexity index is 264. The summed E-state index contributed by atoms with van der Waals surface area (Å²) in [7, 11) is 0. The van der Waals surface area contributed by atoms with Gasteiger partial charge in [0.05, 0.1) is 17.4 Å². The number of rotatable bonds is 2. The molecule has 1 aliphatic carbocycles. The predicted molar refractivity (Wildman–Crippen MR) is 47.8 cm³/mol. The summed E-state index contributed by atoms with van der Waals surface area (Å²) < 4.78 is 2.10. The van der Waals surface area contributed by atoms with Crippen molar-refractivity contribution in [3.63, 3.8) is 0 Å². The van der Waals surface area contributed by atoms with Gasteiger partial charge >= 0.3 is 0 Å². The van der Waals surface area contributed by atoms with Crippen LogP contribution in [0.25, 0.3) is 0 Å². The Hall–Kier alpha value is -0.830. The van der Waals surface area contributed by atoms with Crippen LogP contribution in [0.4, 0.5) is 0 Å². The van der Waals surface area contributed by atoms with E-state index < -0.39 is 0 Å². The van der Waals surface area contributed by atoms with Gasteiger partial charge in [0.25, 0.3) is 0 Å². The zero-order valence-electron chi connectivity index (χ0n) is 7.62. The molecule has 66 valence electrons. The number of hydrogen-bond donors (Lipinski definition) is 1. The highest BCUT2D eigenvalue weighted by Crippen LogP contribution is 2.36. The van der Waals surface area contributed by atoms with Crippen molar-refractivity contribution in [2.45, 2.75) is 38.8 Å². The minimum absolute atomic E-state index is 0.104. The molecule has 0 radical (unpaired) electrons. The Morgan fingerprint density at radius 1 is 1.67 bits per heavy atom. The average molecular weight is 165 g/mol. The average Bonchev–Trinajstić information content (AvgIpc) is 2.75. The summed E-state index contributed by atoms with van der Waals surface area (Å²) in [6, 6.07) is 2.83. The largest absolute Gasteiger partial charge is 0.323 e. The van der Waals surface area contributed by atoms with Crippen molar-refractivity contribution in [2.75, 3.05) is 0 Å². The van der Waals surface area contributed by atoms with Crippen LogP contribution in [0.15, 0.2) is 6.07 Å². The molecule has 1 atom stereocenters. The second-order valence-electron chi connectivity index (χ2n) is 3.68. The van der Waals surface area contributed by atoms with Crippen molar-refractivity contribution in [3.05, 3.63) is 17.5 Å². The highest BCUT2D eigenvalue weighted by Gasteiger charge is 2.27. The zero-order chi connectivity index (χ0) is 8.72. The molecule has 1 unspecified atom stereocenters. The molecule has 0 aromatic carbocycles. The van der Waals surface area contributed by atoms with Crippen LogP contribution in [-0.2, 0) is 0 Å². The highest BCUT2D eigenvalue weighted by molar-refractivity contribution is 5.14. The second-order valence-corrected chi connectivity index (χ2v) is 3.68. The van der Waals surface area contributed by atoms with E-state index in [1.807, 2.05) is 13.8 Å². The Morgan fingerprint density at radius 3 is 2.83 bits per heavy atom. The number of nitrogens with zero attached hydrogens (tertiary/aromatic N) is 2. The number of aryl methyl sites for hydroxylation is 1. The Labute approximate surface area is 72.6 Å². The van der Waals surface area contributed by atoms with E-state index >= 15 is 0 Å². The first kappa shape index (κ1) is 7.80. The quantitative estimate of drug-likeness (QED) is 0.722. The third-order valence-corrected chi connectivity index (χ3v) is 2.25. The fraction of sp³-hybridized carbons (Fsp3) is 0.667. The third-order valence-electron chi connectivity index (χ3n) is 2.25. The van der Waals surface area contributed by atoms with Gasteiger partial charge in [0.2, 0.25) is 0 Å². The number of aromatic nitrogens is 2. The Balaban J connectivity index is 2.36. The number of hydrogen-bond acceptors (Lipinski definition) is 2. The summed E-state index contributed by atoms with van der Waals surface area (Å²) >= 11 is 0. The van der Waals surface area contributed by atoms with Gasteiger partial charge in [-0.2, -0.15) is 5.10 Å². The first-order chi connectivity index (χ1) is 5.68. The van der Waals surface area contributed by atoms with Crippen LogP contribution < -0.4 is 5.73 Å². The maximum absolute atomic E-state index is 5.83. The summed E-state index contributed by atoms with van der Waals surface area (Å²) in [6.07, 6.45) is 2.53. The maximum atomic E-state index is 5.83. The lowest BCUT2D eigenvalue weighted by molar-refractivity contribution is 0.573. The van der Waals surface area contributed by atoms with Gasteiger partial charge in [-0.25, -0.2) is 0 Å². The monoisotopic (exact) mass is 165 g/mol. The first-order valence-corrected chi connectivity index (χ1v) is 4.50. The molecule has 0 spiro atoms. The Kier molecular flexibility index (Phi) is 1.68. The molecular weight excluding hydrogens is 150 g/mol. The summed E-state index contributed by atoms with van der Waals surface area (Å²) in [6.45, 7) is 4.03. The fourth-order valence-corrected chi connectivity index (χ4v) is 1.49. The van der Waals surface area contributed by atoms with Crippen molar-refractivity contribution in [2.24, 2.45) is 5.73 Å². The van der Waals surface area contributed by atoms with E-state index in [0.717, 1.165) is 5.69 Å². The molecule has 0 aliphatic heterocycles. The van der Waals surface area contributed by atoms with Crippen LogP contribution in [0.5, 0.6) is 0 Å². The summed E-state index contributed by atoms with van der Waals surface area (Å²) in [4.78, 5) is 0. The molecule has 3 heteroatoms. The van der Waals surface area contributed by atoms with Gasteiger partial charge in [-0.3, -0.25) is 4.68 Å². The molecule has 0 bridgehead atoms. The van der Waals surface area contributed by atoms with E-state index in [1.165, 1.54) is 18.5 Å². The van der Waals surface area contributed by atoms with E-state index in [1.54, 1.807) is 0 Å². The molecule has 0 amide bonds. The van der Waals surface area contributed by atoms with Crippen LogP contribution in [0, 0.1) is 6.92 Å². The normalized spacial score (nSPS) is 19.6. The van der Waals surface area contributed by atoms with Gasteiger partial charge in [0.1, 0.15) is 0 Å². The summed E-state index contributed by atoms with van der Waals surface area (Å²) in [5, 5.41) is 4.43. The van der Waals surface area contributed by atoms with Crippen molar-refractivity contribution < 1.29 is 0 Å². The predicted octanol–water partition coefficient (Wildman–Crippen LogP) is 1.55. The minimum Gasteiger partial charge on any atom is -0.323 e. The molecule has 1 heterocycles. The standard InChI is InChI=1S/C9H15N3/c1-6-5-9(7(2)10)12(11-6)8-3-4-8/h5,7-8H,3-4,10H2,1-2H3.